The molecule has 0 aromatic rings. The second-order valence-electron chi connectivity index (χ2n) is 7.12. The van der Waals surface area contributed by atoms with Crippen LogP contribution in [0.15, 0.2) is 36.5 Å². The predicted molar refractivity (Wildman–Crippen MR) is 126 cm³/mol. The first-order valence-electron chi connectivity index (χ1n) is 11.4. The molecule has 0 aliphatic heterocycles. The van der Waals surface area contributed by atoms with Gasteiger partial charge in [-0.3, -0.25) is 13.8 Å². The van der Waals surface area contributed by atoms with Gasteiger partial charge in [-0.15, -0.1) is 0 Å². The quantitative estimate of drug-likeness (QED) is 0.0995. The molecule has 3 N–H and O–H groups in total. The largest absolute Gasteiger partial charge is 0.472 e. The number of phosphoric ester groups is 1. The molecule has 0 saturated heterocycles. The average molecular weight is 460 g/mol. The summed E-state index contributed by atoms with van der Waals surface area (Å²) in [6.07, 6.45) is 23.5. The summed E-state index contributed by atoms with van der Waals surface area (Å²) in [5.74, 6) is -0.263. The Bertz CT molecular complexity index is 562. The van der Waals surface area contributed by atoms with Gasteiger partial charge in [0, 0.05) is 19.4 Å². The van der Waals surface area contributed by atoms with Gasteiger partial charge in [-0.05, 0) is 44.9 Å². The topological polar surface area (TPSA) is 108 Å². The maximum Gasteiger partial charge on any atom is 0.472 e. The highest BCUT2D eigenvalue weighted by Crippen LogP contribution is 2.42. The number of hydrogen-bond acceptors (Lipinski definition) is 6. The third-order valence-electron chi connectivity index (χ3n) is 4.20. The van der Waals surface area contributed by atoms with Crippen LogP contribution in [0.5, 0.6) is 0 Å². The molecule has 0 heterocycles. The molecule has 0 aliphatic rings. The summed E-state index contributed by atoms with van der Waals surface area (Å²) < 4.78 is 25.8. The second kappa shape index (κ2) is 22.0. The first kappa shape index (κ1) is 29.8. The highest BCUT2D eigenvalue weighted by atomic mass is 31.2. The Morgan fingerprint density at radius 2 is 1.42 bits per heavy atom. The molecule has 8 heteroatoms. The van der Waals surface area contributed by atoms with E-state index in [2.05, 4.69) is 47.9 Å². The van der Waals surface area contributed by atoms with Crippen LogP contribution in [0, 0.1) is 0 Å². The number of phosphoric acid groups is 1. The van der Waals surface area contributed by atoms with Crippen LogP contribution >= 0.6 is 7.82 Å². The van der Waals surface area contributed by atoms with Crippen molar-refractivity contribution in [2.24, 2.45) is 5.73 Å². The average Bonchev–Trinajstić information content (AvgIpc) is 2.74. The normalized spacial score (nSPS) is 14.0. The SMILES string of the molecule is CCCCCC=CCC=CCC=CCCCCC(=O)OCCCOP(=O)(O)OCCN. The zero-order valence-electron chi connectivity index (χ0n) is 19.1. The molecule has 0 amide bonds. The van der Waals surface area contributed by atoms with Gasteiger partial charge in [0.2, 0.25) is 0 Å². The molecule has 1 unspecified atom stereocenters. The van der Waals surface area contributed by atoms with E-state index in [1.54, 1.807) is 0 Å². The number of ether oxygens (including phenoxy) is 1. The summed E-state index contributed by atoms with van der Waals surface area (Å²) in [5, 5.41) is 0. The van der Waals surface area contributed by atoms with Crippen molar-refractivity contribution in [3.8, 4) is 0 Å². The van der Waals surface area contributed by atoms with Crippen molar-refractivity contribution < 1.29 is 28.0 Å². The fourth-order valence-electron chi connectivity index (χ4n) is 2.52. The molecule has 31 heavy (non-hydrogen) atoms. The number of esters is 1. The molecule has 7 nitrogen and oxygen atoms in total. The van der Waals surface area contributed by atoms with Crippen molar-refractivity contribution in [1.82, 2.24) is 0 Å². The lowest BCUT2D eigenvalue weighted by Gasteiger charge is -2.11. The number of hydrogen-bond donors (Lipinski definition) is 2. The zero-order chi connectivity index (χ0) is 23.0. The summed E-state index contributed by atoms with van der Waals surface area (Å²) in [4.78, 5) is 20.9. The van der Waals surface area contributed by atoms with Crippen LogP contribution in [-0.4, -0.2) is 37.2 Å². The van der Waals surface area contributed by atoms with Gasteiger partial charge < -0.3 is 15.4 Å². The number of carbonyl (C=O) groups is 1. The molecular weight excluding hydrogens is 417 g/mol. The minimum absolute atomic E-state index is 0.0277. The van der Waals surface area contributed by atoms with Crippen LogP contribution in [0.3, 0.4) is 0 Å². The maximum absolute atomic E-state index is 11.6. The van der Waals surface area contributed by atoms with Gasteiger partial charge in [-0.2, -0.15) is 0 Å². The number of nitrogens with two attached hydrogens (primary N) is 1. The Morgan fingerprint density at radius 3 is 2.03 bits per heavy atom. The van der Waals surface area contributed by atoms with Crippen LogP contribution in [0.4, 0.5) is 0 Å². The Balaban J connectivity index is 3.51. The molecule has 0 aliphatic carbocycles. The predicted octanol–water partition coefficient (Wildman–Crippen LogP) is 5.60. The number of rotatable bonds is 21. The van der Waals surface area contributed by atoms with Gasteiger partial charge in [-0.25, -0.2) is 4.57 Å². The minimum Gasteiger partial charge on any atom is -0.466 e. The van der Waals surface area contributed by atoms with Crippen molar-refractivity contribution in [2.75, 3.05) is 26.4 Å². The van der Waals surface area contributed by atoms with Crippen LogP contribution in [0.25, 0.3) is 0 Å². The Morgan fingerprint density at radius 1 is 0.839 bits per heavy atom. The van der Waals surface area contributed by atoms with Crippen molar-refractivity contribution in [3.63, 3.8) is 0 Å². The van der Waals surface area contributed by atoms with E-state index in [1.165, 1.54) is 25.7 Å². The van der Waals surface area contributed by atoms with E-state index in [0.29, 0.717) is 12.8 Å². The maximum atomic E-state index is 11.6. The van der Waals surface area contributed by atoms with Crippen molar-refractivity contribution in [1.29, 1.82) is 0 Å². The lowest BCUT2D eigenvalue weighted by molar-refractivity contribution is -0.144. The summed E-state index contributed by atoms with van der Waals surface area (Å²) in [7, 11) is -4.05. The standard InChI is InChI=1S/C23H42NO6P/c1-2-3-4-5-6-7-8-9-10-11-12-13-14-15-16-18-23(25)28-20-17-21-29-31(26,27)30-22-19-24/h6-7,9-10,12-13H,2-5,8,11,14-22,24H2,1H3,(H,26,27). The molecule has 1 atom stereocenters. The fraction of sp³-hybridized carbons (Fsp3) is 0.696. The van der Waals surface area contributed by atoms with E-state index in [1.807, 2.05) is 0 Å². The molecule has 0 bridgehead atoms. The first-order valence-corrected chi connectivity index (χ1v) is 12.9. The third kappa shape index (κ3) is 23.3. The number of carbonyl (C=O) groups excluding carboxylic acids is 1. The highest BCUT2D eigenvalue weighted by molar-refractivity contribution is 7.47. The van der Waals surface area contributed by atoms with Gasteiger partial charge in [0.25, 0.3) is 0 Å². The zero-order valence-corrected chi connectivity index (χ0v) is 20.0. The lowest BCUT2D eigenvalue weighted by Crippen LogP contribution is -2.10. The van der Waals surface area contributed by atoms with Crippen LogP contribution in [0.1, 0.15) is 77.6 Å². The summed E-state index contributed by atoms with van der Waals surface area (Å²) in [5.41, 5.74) is 5.18. The monoisotopic (exact) mass is 459 g/mol. The fourth-order valence-corrected chi connectivity index (χ4v) is 3.29. The Hall–Kier alpha value is -1.24. The Kier molecular flexibility index (Phi) is 21.1. The van der Waals surface area contributed by atoms with Crippen LogP contribution < -0.4 is 5.73 Å². The molecule has 0 aromatic carbocycles. The number of unbranched alkanes of at least 4 members (excludes halogenated alkanes) is 5. The molecule has 0 spiro atoms. The third-order valence-corrected chi connectivity index (χ3v) is 5.22. The molecule has 180 valence electrons. The molecular formula is C23H42NO6P. The highest BCUT2D eigenvalue weighted by Gasteiger charge is 2.19. The van der Waals surface area contributed by atoms with E-state index >= 15 is 0 Å². The minimum atomic E-state index is -4.05. The first-order chi connectivity index (χ1) is 15.0. The van der Waals surface area contributed by atoms with E-state index in [4.69, 9.17) is 15.0 Å². The van der Waals surface area contributed by atoms with Crippen molar-refractivity contribution in [3.05, 3.63) is 36.5 Å². The molecule has 0 aromatic heterocycles. The summed E-state index contributed by atoms with van der Waals surface area (Å²) in [6, 6.07) is 0. The molecule has 0 fully saturated rings. The Labute approximate surface area is 188 Å². The van der Waals surface area contributed by atoms with Gasteiger partial charge in [0.1, 0.15) is 0 Å². The molecule has 0 rings (SSSR count). The van der Waals surface area contributed by atoms with Gasteiger partial charge in [-0.1, -0.05) is 56.2 Å². The van der Waals surface area contributed by atoms with E-state index < -0.39 is 7.82 Å². The van der Waals surface area contributed by atoms with E-state index in [9.17, 15) is 14.3 Å². The van der Waals surface area contributed by atoms with Gasteiger partial charge in [0.15, 0.2) is 0 Å². The van der Waals surface area contributed by atoms with Crippen LogP contribution in [0.2, 0.25) is 0 Å². The van der Waals surface area contributed by atoms with Gasteiger partial charge in [0.05, 0.1) is 19.8 Å². The summed E-state index contributed by atoms with van der Waals surface area (Å²) >= 11 is 0. The van der Waals surface area contributed by atoms with Crippen molar-refractivity contribution in [2.45, 2.75) is 77.6 Å². The second-order valence-corrected chi connectivity index (χ2v) is 8.58. The van der Waals surface area contributed by atoms with Gasteiger partial charge >= 0.3 is 13.8 Å². The smallest absolute Gasteiger partial charge is 0.466 e. The van der Waals surface area contributed by atoms with E-state index in [-0.39, 0.29) is 32.3 Å². The lowest BCUT2D eigenvalue weighted by atomic mass is 10.1. The number of allylic oxidation sites excluding steroid dienone is 6. The van der Waals surface area contributed by atoms with E-state index in [0.717, 1.165) is 32.1 Å². The molecule has 0 radical (unpaired) electrons. The van der Waals surface area contributed by atoms with Crippen LogP contribution in [-0.2, 0) is 23.1 Å². The van der Waals surface area contributed by atoms with Crippen molar-refractivity contribution >= 4 is 13.8 Å². The molecule has 0 saturated carbocycles. The summed E-state index contributed by atoms with van der Waals surface area (Å²) in [6.45, 7) is 2.43.